The van der Waals surface area contributed by atoms with Gasteiger partial charge in [-0.15, -0.1) is 0 Å². The minimum Gasteiger partial charge on any atom is -0.488 e. The molecule has 0 saturated carbocycles. The highest BCUT2D eigenvalue weighted by Gasteiger charge is 2.27. The molecule has 0 spiro atoms. The van der Waals surface area contributed by atoms with Crippen molar-refractivity contribution in [3.8, 4) is 5.75 Å². The molecule has 3 nitrogen and oxygen atoms in total. The van der Waals surface area contributed by atoms with Gasteiger partial charge in [-0.3, -0.25) is 4.79 Å². The summed E-state index contributed by atoms with van der Waals surface area (Å²) in [6.07, 6.45) is 3.88. The van der Waals surface area contributed by atoms with Gasteiger partial charge < -0.3 is 10.1 Å². The fraction of sp³-hybridized carbons (Fsp3) is 0.250. The van der Waals surface area contributed by atoms with Crippen LogP contribution in [0, 0.1) is 0 Å². The second-order valence-corrected chi connectivity index (χ2v) is 7.37. The average molecular weight is 340 g/mol. The lowest BCUT2D eigenvalue weighted by molar-refractivity contribution is -0.110. The zero-order chi connectivity index (χ0) is 16.9. The highest BCUT2D eigenvalue weighted by Crippen LogP contribution is 2.37. The molecule has 0 unspecified atom stereocenters. The first-order valence-electron chi connectivity index (χ1n) is 8.06. The molecule has 2 aliphatic heterocycles. The number of anilines is 1. The zero-order valence-corrected chi connectivity index (χ0v) is 14.4. The molecule has 0 bridgehead atoms. The molecule has 0 aromatic heterocycles. The topological polar surface area (TPSA) is 38.3 Å². The highest BCUT2D eigenvalue weighted by molar-refractivity contribution is 6.36. The Morgan fingerprint density at radius 3 is 2.88 bits per heavy atom. The van der Waals surface area contributed by atoms with Crippen molar-refractivity contribution in [1.82, 2.24) is 0 Å². The predicted molar refractivity (Wildman–Crippen MR) is 97.4 cm³/mol. The molecule has 122 valence electrons. The molecule has 4 rings (SSSR count). The van der Waals surface area contributed by atoms with Gasteiger partial charge in [0.2, 0.25) is 0 Å². The minimum atomic E-state index is -0.117. The van der Waals surface area contributed by atoms with Gasteiger partial charge in [0, 0.05) is 21.8 Å². The number of hydrogen-bond acceptors (Lipinski definition) is 2. The van der Waals surface area contributed by atoms with Gasteiger partial charge in [0.1, 0.15) is 11.4 Å². The number of aryl methyl sites for hydroxylation is 1. The predicted octanol–water partition coefficient (Wildman–Crippen LogP) is 4.94. The molecule has 1 amide bonds. The van der Waals surface area contributed by atoms with Gasteiger partial charge in [0.15, 0.2) is 0 Å². The summed E-state index contributed by atoms with van der Waals surface area (Å²) < 4.78 is 6.02. The number of ether oxygens (including phenoxy) is 1. The van der Waals surface area contributed by atoms with Crippen LogP contribution in [0.1, 0.15) is 37.0 Å². The molecule has 2 heterocycles. The average Bonchev–Trinajstić information content (AvgIpc) is 2.82. The molecule has 1 N–H and O–H groups in total. The Kier molecular flexibility index (Phi) is 3.43. The molecular weight excluding hydrogens is 322 g/mol. The van der Waals surface area contributed by atoms with E-state index in [1.165, 1.54) is 5.56 Å². The van der Waals surface area contributed by atoms with E-state index in [1.54, 1.807) is 6.07 Å². The van der Waals surface area contributed by atoms with Crippen molar-refractivity contribution >= 4 is 34.8 Å². The number of amides is 1. The van der Waals surface area contributed by atoms with Crippen LogP contribution in [-0.4, -0.2) is 11.5 Å². The Hall–Kier alpha value is -2.26. The maximum absolute atomic E-state index is 12.3. The van der Waals surface area contributed by atoms with E-state index in [2.05, 4.69) is 25.2 Å². The molecule has 2 aromatic carbocycles. The Balaban J connectivity index is 1.73. The summed E-state index contributed by atoms with van der Waals surface area (Å²) in [6, 6.07) is 11.5. The summed E-state index contributed by atoms with van der Waals surface area (Å²) in [5, 5.41) is 3.50. The van der Waals surface area contributed by atoms with Crippen molar-refractivity contribution in [3.05, 3.63) is 58.1 Å². The van der Waals surface area contributed by atoms with Gasteiger partial charge in [0.25, 0.3) is 5.91 Å². The van der Waals surface area contributed by atoms with Gasteiger partial charge in [0.05, 0.1) is 0 Å². The number of carbonyl (C=O) groups is 1. The maximum Gasteiger partial charge on any atom is 0.256 e. The first-order chi connectivity index (χ1) is 11.4. The number of benzene rings is 2. The molecule has 0 aliphatic carbocycles. The molecule has 2 aliphatic rings. The van der Waals surface area contributed by atoms with Crippen molar-refractivity contribution < 1.29 is 9.53 Å². The number of hydrogen-bond donors (Lipinski definition) is 1. The Bertz CT molecular complexity index is 883. The summed E-state index contributed by atoms with van der Waals surface area (Å²) >= 11 is 6.08. The van der Waals surface area contributed by atoms with Crippen LogP contribution in [0.5, 0.6) is 5.75 Å². The quantitative estimate of drug-likeness (QED) is 0.747. The standard InChI is InChI=1S/C20H18ClNO2/c1-20(2)8-7-13-9-12(3-6-18(13)24-20)10-16-15-11-14(21)4-5-17(15)22-19(16)23/h3-6,9-11H,7-8H2,1-2H3,(H,22,23). The molecule has 4 heteroatoms. The summed E-state index contributed by atoms with van der Waals surface area (Å²) in [6.45, 7) is 4.21. The normalized spacial score (nSPS) is 19.5. The monoisotopic (exact) mass is 339 g/mol. The second kappa shape index (κ2) is 5.38. The van der Waals surface area contributed by atoms with E-state index in [-0.39, 0.29) is 11.5 Å². The van der Waals surface area contributed by atoms with Crippen molar-refractivity contribution in [1.29, 1.82) is 0 Å². The van der Waals surface area contributed by atoms with Gasteiger partial charge in [-0.05, 0) is 74.2 Å². The van der Waals surface area contributed by atoms with Crippen molar-refractivity contribution in [2.75, 3.05) is 5.32 Å². The zero-order valence-electron chi connectivity index (χ0n) is 13.7. The van der Waals surface area contributed by atoms with Crippen LogP contribution >= 0.6 is 11.6 Å². The maximum atomic E-state index is 12.3. The van der Waals surface area contributed by atoms with E-state index >= 15 is 0 Å². The van der Waals surface area contributed by atoms with Crippen LogP contribution in [0.3, 0.4) is 0 Å². The van der Waals surface area contributed by atoms with Crippen LogP contribution in [0.4, 0.5) is 5.69 Å². The van der Waals surface area contributed by atoms with E-state index < -0.39 is 0 Å². The lowest BCUT2D eigenvalue weighted by atomic mass is 9.93. The number of nitrogens with one attached hydrogen (secondary N) is 1. The van der Waals surface area contributed by atoms with Crippen LogP contribution in [0.25, 0.3) is 11.6 Å². The molecule has 2 aromatic rings. The van der Waals surface area contributed by atoms with Gasteiger partial charge >= 0.3 is 0 Å². The molecule has 24 heavy (non-hydrogen) atoms. The number of rotatable bonds is 1. The second-order valence-electron chi connectivity index (χ2n) is 6.93. The van der Waals surface area contributed by atoms with Gasteiger partial charge in [-0.1, -0.05) is 17.7 Å². The Labute approximate surface area is 146 Å². The molecule has 0 saturated heterocycles. The summed E-state index contributed by atoms with van der Waals surface area (Å²) in [4.78, 5) is 12.3. The third-order valence-corrected chi connectivity index (χ3v) is 4.78. The van der Waals surface area contributed by atoms with Crippen LogP contribution < -0.4 is 10.1 Å². The smallest absolute Gasteiger partial charge is 0.256 e. The largest absolute Gasteiger partial charge is 0.488 e. The van der Waals surface area contributed by atoms with E-state index in [0.29, 0.717) is 10.6 Å². The van der Waals surface area contributed by atoms with Gasteiger partial charge in [-0.25, -0.2) is 0 Å². The highest BCUT2D eigenvalue weighted by atomic mass is 35.5. The third-order valence-electron chi connectivity index (χ3n) is 4.54. The van der Waals surface area contributed by atoms with Crippen molar-refractivity contribution in [2.45, 2.75) is 32.3 Å². The first kappa shape index (κ1) is 15.3. The minimum absolute atomic E-state index is 0.0950. The van der Waals surface area contributed by atoms with Crippen molar-refractivity contribution in [2.24, 2.45) is 0 Å². The van der Waals surface area contributed by atoms with E-state index in [9.17, 15) is 4.79 Å². The van der Waals surface area contributed by atoms with Crippen LogP contribution in [-0.2, 0) is 11.2 Å². The van der Waals surface area contributed by atoms with E-state index in [1.807, 2.05) is 30.3 Å². The first-order valence-corrected chi connectivity index (χ1v) is 8.44. The SMILES string of the molecule is CC1(C)CCc2cc(C=C3C(=O)Nc4ccc(Cl)cc43)ccc2O1. The summed E-state index contributed by atoms with van der Waals surface area (Å²) in [5.41, 5.74) is 4.36. The lowest BCUT2D eigenvalue weighted by Gasteiger charge is -2.32. The fourth-order valence-corrected chi connectivity index (χ4v) is 3.41. The van der Waals surface area contributed by atoms with Crippen LogP contribution in [0.15, 0.2) is 36.4 Å². The van der Waals surface area contributed by atoms with Crippen molar-refractivity contribution in [3.63, 3.8) is 0 Å². The molecule has 0 atom stereocenters. The number of fused-ring (bicyclic) bond motifs is 2. The lowest BCUT2D eigenvalue weighted by Crippen LogP contribution is -2.32. The molecule has 0 radical (unpaired) electrons. The molecular formula is C20H18ClNO2. The Morgan fingerprint density at radius 1 is 1.21 bits per heavy atom. The Morgan fingerprint density at radius 2 is 2.04 bits per heavy atom. The summed E-state index contributed by atoms with van der Waals surface area (Å²) in [5.74, 6) is 0.843. The third kappa shape index (κ3) is 2.69. The van der Waals surface area contributed by atoms with Crippen LogP contribution in [0.2, 0.25) is 5.02 Å². The summed E-state index contributed by atoms with van der Waals surface area (Å²) in [7, 11) is 0. The fourth-order valence-electron chi connectivity index (χ4n) is 3.24. The number of carbonyl (C=O) groups excluding carboxylic acids is 1. The number of halogens is 1. The van der Waals surface area contributed by atoms with Gasteiger partial charge in [-0.2, -0.15) is 0 Å². The van der Waals surface area contributed by atoms with E-state index in [4.69, 9.17) is 16.3 Å². The van der Waals surface area contributed by atoms with E-state index in [0.717, 1.165) is 35.4 Å². The molecule has 0 fully saturated rings.